The van der Waals surface area contributed by atoms with Gasteiger partial charge >= 0.3 is 12.1 Å². The summed E-state index contributed by atoms with van der Waals surface area (Å²) in [5.41, 5.74) is 0.801. The molecule has 1 saturated heterocycles. The Balaban J connectivity index is 0.00000289. The van der Waals surface area contributed by atoms with Gasteiger partial charge in [-0.1, -0.05) is 23.9 Å². The van der Waals surface area contributed by atoms with Gasteiger partial charge in [0.2, 0.25) is 0 Å². The normalized spacial score (nSPS) is 19.2. The maximum atomic E-state index is 13.0. The Labute approximate surface area is 198 Å². The molecule has 0 atom stereocenters. The van der Waals surface area contributed by atoms with Gasteiger partial charge in [0.15, 0.2) is 5.82 Å². The molecule has 2 aliphatic heterocycles. The number of benzene rings is 1. The summed E-state index contributed by atoms with van der Waals surface area (Å²) in [6.07, 6.45) is 3.79. The van der Waals surface area contributed by atoms with Gasteiger partial charge in [-0.15, -0.1) is 0 Å². The summed E-state index contributed by atoms with van der Waals surface area (Å²) in [5.74, 6) is 0.582. The fourth-order valence-electron chi connectivity index (χ4n) is 4.09. The third-order valence-corrected chi connectivity index (χ3v) is 6.79. The van der Waals surface area contributed by atoms with Crippen LogP contribution < -0.4 is 22.2 Å². The number of para-hydroxylation sites is 1. The number of quaternary nitrogens is 1. The number of piperidine rings is 1. The maximum absolute atomic E-state index is 13.0. The van der Waals surface area contributed by atoms with Gasteiger partial charge in [0.05, 0.1) is 49.3 Å². The Hall–Kier alpha value is -2.29. The van der Waals surface area contributed by atoms with Gasteiger partial charge in [-0.05, 0) is 31.2 Å². The third-order valence-electron chi connectivity index (χ3n) is 5.68. The highest BCUT2D eigenvalue weighted by Gasteiger charge is 2.31. The minimum Gasteiger partial charge on any atom is -1.00 e. The zero-order chi connectivity index (χ0) is 21.6. The molecule has 0 bridgehead atoms. The minimum absolute atomic E-state index is 0. The molecule has 32 heavy (non-hydrogen) atoms. The number of amides is 1. The number of aromatic nitrogens is 1. The molecular formula is C23H28ClN3O4S. The predicted octanol–water partition coefficient (Wildman–Crippen LogP) is 0.0730. The van der Waals surface area contributed by atoms with Crippen LogP contribution in [0.15, 0.2) is 52.4 Å². The fourth-order valence-corrected chi connectivity index (χ4v) is 5.12. The molecule has 7 nitrogen and oxygen atoms in total. The number of ether oxygens (including phenoxy) is 2. The Kier molecular flexibility index (Phi) is 8.78. The second kappa shape index (κ2) is 11.5. The zero-order valence-electron chi connectivity index (χ0n) is 18.1. The number of esters is 1. The number of likely N-dealkylation sites (tertiary alicyclic amines) is 1. The van der Waals surface area contributed by atoms with E-state index in [9.17, 15) is 9.59 Å². The van der Waals surface area contributed by atoms with Crippen molar-refractivity contribution in [3.8, 4) is 0 Å². The van der Waals surface area contributed by atoms with E-state index in [2.05, 4.69) is 4.98 Å². The summed E-state index contributed by atoms with van der Waals surface area (Å²) < 4.78 is 10.8. The topological polar surface area (TPSA) is 73.2 Å². The molecule has 1 N–H and O–H groups in total. The van der Waals surface area contributed by atoms with Crippen molar-refractivity contribution in [2.24, 2.45) is 5.92 Å². The maximum Gasteiger partial charge on any atom is 0.420 e. The second-order valence-corrected chi connectivity index (χ2v) is 8.81. The highest BCUT2D eigenvalue weighted by Crippen LogP contribution is 2.46. The predicted molar refractivity (Wildman–Crippen MR) is 118 cm³/mol. The van der Waals surface area contributed by atoms with Gasteiger partial charge in [0.25, 0.3) is 0 Å². The number of nitrogens with one attached hydrogen (secondary N) is 1. The van der Waals surface area contributed by atoms with Crippen LogP contribution in [0.2, 0.25) is 0 Å². The summed E-state index contributed by atoms with van der Waals surface area (Å²) >= 11 is 1.61. The van der Waals surface area contributed by atoms with Crippen LogP contribution in [0, 0.1) is 5.92 Å². The van der Waals surface area contributed by atoms with Crippen molar-refractivity contribution in [1.29, 1.82) is 0 Å². The standard InChI is InChI=1S/C23H27N3O4S.ClH/c1-2-29-22(27)17-10-14-25(15-11-17)13-6-16-30-23(28)26-18-7-3-4-8-19(18)31-20-9-5-12-24-21(20)26;/h3-5,7-9,12,17H,2,6,10-11,13-16H2,1H3;1H. The molecule has 0 saturated carbocycles. The summed E-state index contributed by atoms with van der Waals surface area (Å²) in [5, 5.41) is 0. The van der Waals surface area contributed by atoms with Gasteiger partial charge in [0, 0.05) is 30.4 Å². The Morgan fingerprint density at radius 3 is 2.66 bits per heavy atom. The van der Waals surface area contributed by atoms with E-state index in [1.54, 1.807) is 22.9 Å². The van der Waals surface area contributed by atoms with Gasteiger partial charge in [-0.2, -0.15) is 0 Å². The molecule has 1 aromatic carbocycles. The highest BCUT2D eigenvalue weighted by molar-refractivity contribution is 7.99. The van der Waals surface area contributed by atoms with Crippen molar-refractivity contribution in [2.45, 2.75) is 36.0 Å². The first-order valence-corrected chi connectivity index (χ1v) is 11.7. The fraction of sp³-hybridized carbons (Fsp3) is 0.435. The Bertz CT molecular complexity index is 891. The van der Waals surface area contributed by atoms with Crippen LogP contribution in [-0.2, 0) is 14.3 Å². The van der Waals surface area contributed by atoms with E-state index in [1.165, 1.54) is 4.90 Å². The smallest absolute Gasteiger partial charge is 0.420 e. The van der Waals surface area contributed by atoms with E-state index < -0.39 is 6.09 Å². The van der Waals surface area contributed by atoms with E-state index in [4.69, 9.17) is 9.47 Å². The number of hydrogen-bond donors (Lipinski definition) is 1. The number of pyridine rings is 1. The number of fused-ring (bicyclic) bond motifs is 2. The molecule has 0 unspecified atom stereocenters. The molecule has 0 radical (unpaired) electrons. The minimum atomic E-state index is -0.399. The lowest BCUT2D eigenvalue weighted by Crippen LogP contribution is -3.13. The molecule has 0 spiro atoms. The number of anilines is 2. The van der Waals surface area contributed by atoms with Crippen molar-refractivity contribution in [1.82, 2.24) is 4.98 Å². The van der Waals surface area contributed by atoms with Crippen molar-refractivity contribution >= 4 is 35.3 Å². The zero-order valence-corrected chi connectivity index (χ0v) is 19.7. The number of carbonyl (C=O) groups is 2. The number of halogens is 1. The van der Waals surface area contributed by atoms with Crippen LogP contribution in [0.3, 0.4) is 0 Å². The van der Waals surface area contributed by atoms with E-state index in [1.807, 2.05) is 43.3 Å². The molecule has 9 heteroatoms. The van der Waals surface area contributed by atoms with Gasteiger partial charge in [-0.25, -0.2) is 14.7 Å². The quantitative estimate of drug-likeness (QED) is 0.469. The Morgan fingerprint density at radius 1 is 1.12 bits per heavy atom. The monoisotopic (exact) mass is 477 g/mol. The van der Waals surface area contributed by atoms with Crippen molar-refractivity contribution < 1.29 is 36.4 Å². The molecule has 0 aliphatic carbocycles. The highest BCUT2D eigenvalue weighted by atomic mass is 35.5. The first kappa shape index (κ1) is 24.4. The van der Waals surface area contributed by atoms with E-state index >= 15 is 0 Å². The molecule has 2 aliphatic rings. The molecular weight excluding hydrogens is 450 g/mol. The van der Waals surface area contributed by atoms with Crippen LogP contribution in [0.4, 0.5) is 16.3 Å². The average Bonchev–Trinajstić information content (AvgIpc) is 2.80. The molecule has 1 fully saturated rings. The van der Waals surface area contributed by atoms with Crippen molar-refractivity contribution in [3.63, 3.8) is 0 Å². The van der Waals surface area contributed by atoms with Crippen LogP contribution in [0.25, 0.3) is 0 Å². The van der Waals surface area contributed by atoms with Gasteiger partial charge < -0.3 is 26.8 Å². The van der Waals surface area contributed by atoms with E-state index in [0.29, 0.717) is 19.0 Å². The molecule has 4 rings (SSSR count). The summed E-state index contributed by atoms with van der Waals surface area (Å²) in [4.78, 5) is 34.2. The number of rotatable bonds is 6. The van der Waals surface area contributed by atoms with Crippen LogP contribution in [0.1, 0.15) is 26.2 Å². The molecule has 2 aromatic rings. The first-order valence-electron chi connectivity index (χ1n) is 10.9. The summed E-state index contributed by atoms with van der Waals surface area (Å²) in [6.45, 7) is 5.46. The molecule has 1 amide bonds. The van der Waals surface area contributed by atoms with Gasteiger partial charge in [0.1, 0.15) is 0 Å². The lowest BCUT2D eigenvalue weighted by molar-refractivity contribution is -0.906. The second-order valence-electron chi connectivity index (χ2n) is 7.72. The first-order chi connectivity index (χ1) is 15.2. The molecule has 3 heterocycles. The number of hydrogen-bond acceptors (Lipinski definition) is 6. The SMILES string of the molecule is CCOC(=O)C1CC[NH+](CCCOC(=O)N2c3ccccc3Sc3cccnc32)CC1.[Cl-]. The van der Waals surface area contributed by atoms with Crippen molar-refractivity contribution in [3.05, 3.63) is 42.6 Å². The van der Waals surface area contributed by atoms with Crippen molar-refractivity contribution in [2.75, 3.05) is 37.7 Å². The largest absolute Gasteiger partial charge is 1.00 e. The third kappa shape index (κ3) is 5.54. The lowest BCUT2D eigenvalue weighted by atomic mass is 9.97. The average molecular weight is 478 g/mol. The van der Waals surface area contributed by atoms with E-state index in [0.717, 1.165) is 54.4 Å². The number of nitrogens with zero attached hydrogens (tertiary/aromatic N) is 2. The molecule has 1 aromatic heterocycles. The van der Waals surface area contributed by atoms with E-state index in [-0.39, 0.29) is 24.3 Å². The van der Waals surface area contributed by atoms with Crippen LogP contribution in [-0.4, -0.2) is 49.9 Å². The van der Waals surface area contributed by atoms with Crippen LogP contribution in [0.5, 0.6) is 0 Å². The lowest BCUT2D eigenvalue weighted by Gasteiger charge is -2.29. The molecule has 172 valence electrons. The Morgan fingerprint density at radius 2 is 1.88 bits per heavy atom. The number of carbonyl (C=O) groups excluding carboxylic acids is 2. The van der Waals surface area contributed by atoms with Crippen LogP contribution >= 0.6 is 11.8 Å². The van der Waals surface area contributed by atoms with Gasteiger partial charge in [-0.3, -0.25) is 4.79 Å². The summed E-state index contributed by atoms with van der Waals surface area (Å²) in [6, 6.07) is 11.6. The summed E-state index contributed by atoms with van der Waals surface area (Å²) in [7, 11) is 0.